The molecule has 0 spiro atoms. The van der Waals surface area contributed by atoms with E-state index in [2.05, 4.69) is 14.9 Å². The maximum Gasteiger partial charge on any atom is 0.387 e. The first-order valence-corrected chi connectivity index (χ1v) is 7.69. The summed E-state index contributed by atoms with van der Waals surface area (Å²) in [6, 6.07) is 12.0. The van der Waals surface area contributed by atoms with Gasteiger partial charge in [-0.15, -0.1) is 0 Å². The highest BCUT2D eigenvalue weighted by molar-refractivity contribution is 6.30. The van der Waals surface area contributed by atoms with Gasteiger partial charge in [0.25, 0.3) is 5.89 Å². The zero-order chi connectivity index (χ0) is 18.5. The van der Waals surface area contributed by atoms with Crippen LogP contribution in [0.2, 0.25) is 5.02 Å². The van der Waals surface area contributed by atoms with Crippen LogP contribution < -0.4 is 4.74 Å². The van der Waals surface area contributed by atoms with Gasteiger partial charge in [0, 0.05) is 10.6 Å². The van der Waals surface area contributed by atoms with Crippen LogP contribution in [0.1, 0.15) is 16.2 Å². The fourth-order valence-electron chi connectivity index (χ4n) is 2.04. The zero-order valence-corrected chi connectivity index (χ0v) is 13.8. The Morgan fingerprint density at radius 3 is 2.65 bits per heavy atom. The number of ether oxygens (including phenoxy) is 2. The molecule has 0 aliphatic rings. The molecule has 26 heavy (non-hydrogen) atoms. The first-order chi connectivity index (χ1) is 12.5. The molecule has 0 aliphatic heterocycles. The van der Waals surface area contributed by atoms with Crippen LogP contribution in [0.4, 0.5) is 8.78 Å². The molecule has 0 radical (unpaired) electrons. The number of alkyl halides is 2. The summed E-state index contributed by atoms with van der Waals surface area (Å²) >= 11 is 5.90. The summed E-state index contributed by atoms with van der Waals surface area (Å²) in [4.78, 5) is 16.1. The predicted molar refractivity (Wildman–Crippen MR) is 86.9 cm³/mol. The van der Waals surface area contributed by atoms with E-state index in [1.165, 1.54) is 24.3 Å². The fraction of sp³-hybridized carbons (Fsp3) is 0.118. The molecule has 0 bridgehead atoms. The van der Waals surface area contributed by atoms with Crippen LogP contribution in [-0.2, 0) is 11.3 Å². The monoisotopic (exact) mass is 380 g/mol. The normalized spacial score (nSPS) is 10.8. The van der Waals surface area contributed by atoms with Crippen LogP contribution in [0.25, 0.3) is 11.4 Å². The van der Waals surface area contributed by atoms with Crippen molar-refractivity contribution in [2.75, 3.05) is 0 Å². The summed E-state index contributed by atoms with van der Waals surface area (Å²) in [7, 11) is 0. The van der Waals surface area contributed by atoms with Gasteiger partial charge in [-0.2, -0.15) is 13.8 Å². The Morgan fingerprint density at radius 1 is 1.19 bits per heavy atom. The summed E-state index contributed by atoms with van der Waals surface area (Å²) in [6.07, 6.45) is 0. The number of halogens is 3. The number of nitrogens with zero attached hydrogens (tertiary/aromatic N) is 2. The van der Waals surface area contributed by atoms with Gasteiger partial charge in [-0.25, -0.2) is 4.79 Å². The van der Waals surface area contributed by atoms with Crippen LogP contribution in [0, 0.1) is 0 Å². The van der Waals surface area contributed by atoms with Crippen LogP contribution in [0.3, 0.4) is 0 Å². The second-order valence-electron chi connectivity index (χ2n) is 5.00. The minimum absolute atomic E-state index is 0.0559. The summed E-state index contributed by atoms with van der Waals surface area (Å²) in [6.45, 7) is -3.17. The van der Waals surface area contributed by atoms with Crippen LogP contribution in [0.5, 0.6) is 5.75 Å². The van der Waals surface area contributed by atoms with Crippen molar-refractivity contribution < 1.29 is 27.6 Å². The van der Waals surface area contributed by atoms with Crippen LogP contribution in [-0.4, -0.2) is 22.7 Å². The molecule has 2 aromatic carbocycles. The summed E-state index contributed by atoms with van der Waals surface area (Å²) in [5.74, 6) is -0.311. The Kier molecular flexibility index (Phi) is 5.43. The Hall–Kier alpha value is -3.00. The van der Waals surface area contributed by atoms with Gasteiger partial charge in [0.2, 0.25) is 5.82 Å². The number of hydrogen-bond acceptors (Lipinski definition) is 6. The molecule has 0 amide bonds. The molecule has 1 aromatic heterocycles. The van der Waals surface area contributed by atoms with Gasteiger partial charge in [0.1, 0.15) is 5.75 Å². The van der Waals surface area contributed by atoms with Crippen molar-refractivity contribution in [3.8, 4) is 17.1 Å². The average molecular weight is 381 g/mol. The van der Waals surface area contributed by atoms with Crippen molar-refractivity contribution in [1.29, 1.82) is 0 Å². The number of esters is 1. The summed E-state index contributed by atoms with van der Waals surface area (Å²) in [5.41, 5.74) is 0.828. The maximum atomic E-state index is 12.1. The van der Waals surface area contributed by atoms with Crippen molar-refractivity contribution >= 4 is 17.6 Å². The first-order valence-electron chi connectivity index (χ1n) is 7.32. The average Bonchev–Trinajstić information content (AvgIpc) is 3.09. The lowest BCUT2D eigenvalue weighted by molar-refractivity contribution is -0.0498. The number of carbonyl (C=O) groups excluding carboxylic acids is 1. The number of carbonyl (C=O) groups is 1. The standard InChI is InChI=1S/C17H11ClF2N2O4/c18-12-3-1-2-11(8-12)15-21-14(26-22-15)9-24-16(23)10-4-6-13(7-5-10)25-17(19)20/h1-8,17H,9H2. The van der Waals surface area contributed by atoms with E-state index in [4.69, 9.17) is 20.9 Å². The molecule has 9 heteroatoms. The van der Waals surface area contributed by atoms with Gasteiger partial charge in [-0.1, -0.05) is 28.9 Å². The molecule has 0 fully saturated rings. The third-order valence-electron chi connectivity index (χ3n) is 3.19. The topological polar surface area (TPSA) is 74.5 Å². The summed E-state index contributed by atoms with van der Waals surface area (Å²) < 4.78 is 38.5. The minimum Gasteiger partial charge on any atom is -0.452 e. The van der Waals surface area contributed by atoms with Gasteiger partial charge in [0.05, 0.1) is 5.56 Å². The van der Waals surface area contributed by atoms with E-state index in [9.17, 15) is 13.6 Å². The Labute approximate surface area is 151 Å². The molecule has 0 N–H and O–H groups in total. The highest BCUT2D eigenvalue weighted by atomic mass is 35.5. The lowest BCUT2D eigenvalue weighted by Gasteiger charge is -2.05. The first kappa shape index (κ1) is 17.8. The Bertz CT molecular complexity index is 900. The van der Waals surface area contributed by atoms with E-state index in [-0.39, 0.29) is 23.8 Å². The molecule has 0 saturated heterocycles. The van der Waals surface area contributed by atoms with Crippen molar-refractivity contribution in [1.82, 2.24) is 10.1 Å². The van der Waals surface area contributed by atoms with E-state index in [0.29, 0.717) is 16.4 Å². The second kappa shape index (κ2) is 7.92. The zero-order valence-electron chi connectivity index (χ0n) is 13.1. The van der Waals surface area contributed by atoms with E-state index in [0.717, 1.165) is 0 Å². The van der Waals surface area contributed by atoms with Crippen molar-refractivity contribution in [3.63, 3.8) is 0 Å². The third kappa shape index (κ3) is 4.54. The van der Waals surface area contributed by atoms with Gasteiger partial charge >= 0.3 is 12.6 Å². The summed E-state index contributed by atoms with van der Waals surface area (Å²) in [5, 5.41) is 4.32. The molecule has 0 atom stereocenters. The van der Waals surface area contributed by atoms with Crippen LogP contribution >= 0.6 is 11.6 Å². The van der Waals surface area contributed by atoms with Gasteiger partial charge in [-0.05, 0) is 36.4 Å². The molecule has 6 nitrogen and oxygen atoms in total. The van der Waals surface area contributed by atoms with E-state index >= 15 is 0 Å². The van der Waals surface area contributed by atoms with Gasteiger partial charge < -0.3 is 14.0 Å². The Balaban J connectivity index is 1.59. The van der Waals surface area contributed by atoms with Gasteiger partial charge in [-0.3, -0.25) is 0 Å². The van der Waals surface area contributed by atoms with E-state index < -0.39 is 12.6 Å². The van der Waals surface area contributed by atoms with Crippen molar-refractivity contribution in [2.45, 2.75) is 13.2 Å². The SMILES string of the molecule is O=C(OCc1nc(-c2cccc(Cl)c2)no1)c1ccc(OC(F)F)cc1. The number of aromatic nitrogens is 2. The minimum atomic E-state index is -2.93. The lowest BCUT2D eigenvalue weighted by Crippen LogP contribution is -2.06. The van der Waals surface area contributed by atoms with E-state index in [1.807, 2.05) is 0 Å². The van der Waals surface area contributed by atoms with E-state index in [1.54, 1.807) is 24.3 Å². The highest BCUT2D eigenvalue weighted by Gasteiger charge is 2.13. The lowest BCUT2D eigenvalue weighted by atomic mass is 10.2. The largest absolute Gasteiger partial charge is 0.452 e. The molecule has 1 heterocycles. The van der Waals surface area contributed by atoms with Crippen molar-refractivity contribution in [2.24, 2.45) is 0 Å². The molecule has 0 unspecified atom stereocenters. The maximum absolute atomic E-state index is 12.1. The molecule has 0 aliphatic carbocycles. The van der Waals surface area contributed by atoms with Crippen LogP contribution in [0.15, 0.2) is 53.1 Å². The number of hydrogen-bond donors (Lipinski definition) is 0. The number of rotatable bonds is 6. The molecule has 0 saturated carbocycles. The quantitative estimate of drug-likeness (QED) is 0.592. The highest BCUT2D eigenvalue weighted by Crippen LogP contribution is 2.20. The molecule has 3 rings (SSSR count). The number of benzene rings is 2. The van der Waals surface area contributed by atoms with Crippen molar-refractivity contribution in [3.05, 3.63) is 65.0 Å². The Morgan fingerprint density at radius 2 is 1.96 bits per heavy atom. The molecule has 3 aromatic rings. The smallest absolute Gasteiger partial charge is 0.387 e. The molecular formula is C17H11ClF2N2O4. The second-order valence-corrected chi connectivity index (χ2v) is 5.44. The molecule has 134 valence electrons. The third-order valence-corrected chi connectivity index (χ3v) is 3.43. The predicted octanol–water partition coefficient (Wildman–Crippen LogP) is 4.35. The molecular weight excluding hydrogens is 370 g/mol. The van der Waals surface area contributed by atoms with Gasteiger partial charge in [0.15, 0.2) is 6.61 Å². The fourth-order valence-corrected chi connectivity index (χ4v) is 2.23.